The van der Waals surface area contributed by atoms with Crippen LogP contribution in [0, 0.1) is 0 Å². The lowest BCUT2D eigenvalue weighted by atomic mass is 9.99. The van der Waals surface area contributed by atoms with Gasteiger partial charge in [-0.25, -0.2) is 8.42 Å². The Hall–Kier alpha value is -1.85. The van der Waals surface area contributed by atoms with Gasteiger partial charge in [0, 0.05) is 19.2 Å². The summed E-state index contributed by atoms with van der Waals surface area (Å²) in [5, 5.41) is 0. The first-order chi connectivity index (χ1) is 9.54. The molecule has 5 heteroatoms. The third-order valence-corrected chi connectivity index (χ3v) is 5.44. The second-order valence-corrected chi connectivity index (χ2v) is 6.79. The molecule has 2 aromatic carbocycles. The summed E-state index contributed by atoms with van der Waals surface area (Å²) in [7, 11) is -0.245. The predicted octanol–water partition coefficient (Wildman–Crippen LogP) is 2.50. The van der Waals surface area contributed by atoms with Gasteiger partial charge in [0.1, 0.15) is 5.75 Å². The van der Waals surface area contributed by atoms with Gasteiger partial charge >= 0.3 is 0 Å². The van der Waals surface area contributed by atoms with Crippen molar-refractivity contribution >= 4 is 10.0 Å². The van der Waals surface area contributed by atoms with E-state index in [9.17, 15) is 8.42 Å². The molecule has 0 amide bonds. The molecule has 0 unspecified atom stereocenters. The Balaban J connectivity index is 2.36. The van der Waals surface area contributed by atoms with Gasteiger partial charge in [0.25, 0.3) is 0 Å². The smallest absolute Gasteiger partial charge is 0.243 e. The van der Waals surface area contributed by atoms with Crippen LogP contribution >= 0.6 is 0 Å². The fourth-order valence-electron chi connectivity index (χ4n) is 2.48. The molecule has 4 nitrogen and oxygen atoms in total. The van der Waals surface area contributed by atoms with Gasteiger partial charge in [-0.2, -0.15) is 4.31 Å². The number of hydrogen-bond donors (Lipinski definition) is 0. The van der Waals surface area contributed by atoms with Crippen LogP contribution in [0.25, 0.3) is 11.1 Å². The second-order valence-electron chi connectivity index (χ2n) is 4.78. The number of nitrogens with zero attached hydrogens (tertiary/aromatic N) is 1. The molecule has 104 valence electrons. The highest BCUT2D eigenvalue weighted by Crippen LogP contribution is 2.37. The van der Waals surface area contributed by atoms with E-state index in [1.807, 2.05) is 30.3 Å². The van der Waals surface area contributed by atoms with Crippen LogP contribution in [-0.2, 0) is 16.6 Å². The van der Waals surface area contributed by atoms with E-state index >= 15 is 0 Å². The van der Waals surface area contributed by atoms with Crippen molar-refractivity contribution in [2.45, 2.75) is 11.4 Å². The molecule has 0 fully saturated rings. The number of rotatable bonds is 1. The Morgan fingerprint density at radius 1 is 1.10 bits per heavy atom. The number of fused-ring (bicyclic) bond motifs is 3. The minimum absolute atomic E-state index is 0.342. The number of ether oxygens (including phenoxy) is 1. The predicted molar refractivity (Wildman–Crippen MR) is 77.1 cm³/mol. The van der Waals surface area contributed by atoms with Crippen molar-refractivity contribution in [2.75, 3.05) is 14.2 Å². The van der Waals surface area contributed by atoms with E-state index in [1.165, 1.54) is 4.31 Å². The molecule has 0 atom stereocenters. The van der Waals surface area contributed by atoms with Crippen molar-refractivity contribution in [1.29, 1.82) is 0 Å². The SMILES string of the molecule is COc1ccc2c(c1)-c1ccccc1S(=O)(=O)N(C)C2. The highest BCUT2D eigenvalue weighted by Gasteiger charge is 2.29. The third kappa shape index (κ3) is 1.90. The zero-order valence-electron chi connectivity index (χ0n) is 11.3. The summed E-state index contributed by atoms with van der Waals surface area (Å²) in [4.78, 5) is 0.342. The summed E-state index contributed by atoms with van der Waals surface area (Å²) < 4.78 is 31.7. The summed E-state index contributed by atoms with van der Waals surface area (Å²) in [5.41, 5.74) is 2.61. The van der Waals surface area contributed by atoms with Crippen molar-refractivity contribution in [2.24, 2.45) is 0 Å². The number of benzene rings is 2. The lowest BCUT2D eigenvalue weighted by Gasteiger charge is -2.14. The van der Waals surface area contributed by atoms with Crippen molar-refractivity contribution in [3.05, 3.63) is 48.0 Å². The molecule has 3 rings (SSSR count). The van der Waals surface area contributed by atoms with E-state index in [0.717, 1.165) is 22.4 Å². The Morgan fingerprint density at radius 3 is 2.60 bits per heavy atom. The Labute approximate surface area is 118 Å². The van der Waals surface area contributed by atoms with E-state index in [0.29, 0.717) is 11.4 Å². The average Bonchev–Trinajstić information content (AvgIpc) is 2.54. The molecule has 0 aromatic heterocycles. The first-order valence-electron chi connectivity index (χ1n) is 6.26. The van der Waals surface area contributed by atoms with Crippen molar-refractivity contribution < 1.29 is 13.2 Å². The minimum atomic E-state index is -3.45. The van der Waals surface area contributed by atoms with Gasteiger partial charge < -0.3 is 4.74 Å². The first-order valence-corrected chi connectivity index (χ1v) is 7.70. The quantitative estimate of drug-likeness (QED) is 0.810. The maximum Gasteiger partial charge on any atom is 0.243 e. The Bertz CT molecular complexity index is 768. The van der Waals surface area contributed by atoms with Crippen LogP contribution in [0.1, 0.15) is 5.56 Å². The zero-order chi connectivity index (χ0) is 14.3. The van der Waals surface area contributed by atoms with Crippen LogP contribution in [0.2, 0.25) is 0 Å². The Morgan fingerprint density at radius 2 is 1.85 bits per heavy atom. The van der Waals surface area contributed by atoms with E-state index < -0.39 is 10.0 Å². The van der Waals surface area contributed by atoms with Crippen LogP contribution in [0.15, 0.2) is 47.4 Å². The van der Waals surface area contributed by atoms with Gasteiger partial charge in [0.2, 0.25) is 10.0 Å². The molecule has 1 aliphatic heterocycles. The van der Waals surface area contributed by atoms with E-state index in [2.05, 4.69) is 0 Å². The lowest BCUT2D eigenvalue weighted by molar-refractivity contribution is 0.414. The zero-order valence-corrected chi connectivity index (χ0v) is 12.1. The summed E-state index contributed by atoms with van der Waals surface area (Å²) in [6.07, 6.45) is 0. The summed E-state index contributed by atoms with van der Waals surface area (Å²) in [6, 6.07) is 12.7. The van der Waals surface area contributed by atoms with Crippen molar-refractivity contribution in [3.63, 3.8) is 0 Å². The van der Waals surface area contributed by atoms with Gasteiger partial charge in [-0.3, -0.25) is 0 Å². The minimum Gasteiger partial charge on any atom is -0.497 e. The monoisotopic (exact) mass is 289 g/mol. The fourth-order valence-corrected chi connectivity index (χ4v) is 3.83. The maximum absolute atomic E-state index is 12.5. The molecule has 1 heterocycles. The normalized spacial score (nSPS) is 16.9. The van der Waals surface area contributed by atoms with Crippen LogP contribution in [-0.4, -0.2) is 26.9 Å². The lowest BCUT2D eigenvalue weighted by Crippen LogP contribution is -2.25. The van der Waals surface area contributed by atoms with Gasteiger partial charge in [0.05, 0.1) is 12.0 Å². The standard InChI is InChI=1S/C15H15NO3S/c1-16-10-11-7-8-12(19-2)9-14(11)13-5-3-4-6-15(13)20(16,17)18/h3-9H,10H2,1-2H3. The van der Waals surface area contributed by atoms with Crippen LogP contribution in [0.3, 0.4) is 0 Å². The molecular formula is C15H15NO3S. The first kappa shape index (κ1) is 13.1. The summed E-state index contributed by atoms with van der Waals surface area (Å²) in [6.45, 7) is 0.357. The molecular weight excluding hydrogens is 274 g/mol. The number of methoxy groups -OCH3 is 1. The summed E-state index contributed by atoms with van der Waals surface area (Å²) >= 11 is 0. The largest absolute Gasteiger partial charge is 0.497 e. The summed E-state index contributed by atoms with van der Waals surface area (Å²) in [5.74, 6) is 0.723. The molecule has 0 spiro atoms. The van der Waals surface area contributed by atoms with Crippen molar-refractivity contribution in [1.82, 2.24) is 4.31 Å². The molecule has 0 saturated heterocycles. The molecule has 0 aliphatic carbocycles. The number of hydrogen-bond acceptors (Lipinski definition) is 3. The molecule has 2 aromatic rings. The highest BCUT2D eigenvalue weighted by molar-refractivity contribution is 7.89. The topological polar surface area (TPSA) is 46.6 Å². The van der Waals surface area contributed by atoms with E-state index in [1.54, 1.807) is 26.3 Å². The molecule has 20 heavy (non-hydrogen) atoms. The maximum atomic E-state index is 12.5. The second kappa shape index (κ2) is 4.61. The number of sulfonamides is 1. The van der Waals surface area contributed by atoms with Gasteiger partial charge in [-0.05, 0) is 29.3 Å². The van der Waals surface area contributed by atoms with Crippen LogP contribution in [0.5, 0.6) is 5.75 Å². The average molecular weight is 289 g/mol. The van der Waals surface area contributed by atoms with Gasteiger partial charge in [-0.15, -0.1) is 0 Å². The Kier molecular flexibility index (Phi) is 3.03. The van der Waals surface area contributed by atoms with Crippen molar-refractivity contribution in [3.8, 4) is 16.9 Å². The van der Waals surface area contributed by atoms with Gasteiger partial charge in [0.15, 0.2) is 0 Å². The molecule has 0 saturated carbocycles. The molecule has 1 aliphatic rings. The molecule has 0 bridgehead atoms. The molecule has 0 N–H and O–H groups in total. The van der Waals surface area contributed by atoms with Crippen LogP contribution in [0.4, 0.5) is 0 Å². The highest BCUT2D eigenvalue weighted by atomic mass is 32.2. The third-order valence-electron chi connectivity index (χ3n) is 3.58. The van der Waals surface area contributed by atoms with Crippen LogP contribution < -0.4 is 4.74 Å². The van der Waals surface area contributed by atoms with E-state index in [-0.39, 0.29) is 0 Å². The molecule has 0 radical (unpaired) electrons. The fraction of sp³-hybridized carbons (Fsp3) is 0.200. The van der Waals surface area contributed by atoms with Gasteiger partial charge in [-0.1, -0.05) is 24.3 Å². The van der Waals surface area contributed by atoms with E-state index in [4.69, 9.17) is 4.74 Å².